The molecule has 448 valence electrons. The molecule has 10 heteroatoms. The van der Waals surface area contributed by atoms with E-state index in [1.807, 2.05) is 6.08 Å². The van der Waals surface area contributed by atoms with E-state index < -0.39 is 32.5 Å². The lowest BCUT2D eigenvalue weighted by molar-refractivity contribution is -0.161. The average Bonchev–Trinajstić information content (AvgIpc) is 3.44. The van der Waals surface area contributed by atoms with E-state index in [0.717, 1.165) is 96.3 Å². The first kappa shape index (κ1) is 74.9. The molecule has 0 heterocycles. The van der Waals surface area contributed by atoms with Gasteiger partial charge in [0.1, 0.15) is 6.61 Å². The number of carbonyl (C=O) groups excluding carboxylic acids is 2. The van der Waals surface area contributed by atoms with E-state index in [0.29, 0.717) is 12.8 Å². The van der Waals surface area contributed by atoms with Crippen LogP contribution in [0.2, 0.25) is 0 Å². The van der Waals surface area contributed by atoms with Gasteiger partial charge in [-0.3, -0.25) is 18.6 Å². The molecule has 0 bridgehead atoms. The zero-order chi connectivity index (χ0) is 57.3. The fourth-order valence-electron chi connectivity index (χ4n) is 8.18. The van der Waals surface area contributed by atoms with Crippen molar-refractivity contribution in [1.82, 2.24) is 0 Å². The highest BCUT2D eigenvalue weighted by Crippen LogP contribution is 2.43. The average molecular weight is 1120 g/mol. The fraction of sp³-hybridized carbons (Fsp3) is 0.623. The van der Waals surface area contributed by atoms with Crippen molar-refractivity contribution in [1.29, 1.82) is 0 Å². The SMILES string of the molecule is CC/C=C\C/C=C\C/C=C\C/C=C\C/C=C\C/C=C\C/C=C\CCCC(=O)OC(COC(=O)CCCCCCCCCCCCCCCCCCCCC/C=C\C/C=C\C/C=C\C/C=C\C/C=C\CC)COP(=O)(O)OCCN. The first-order chi connectivity index (χ1) is 38.8. The van der Waals surface area contributed by atoms with Crippen molar-refractivity contribution in [2.75, 3.05) is 26.4 Å². The summed E-state index contributed by atoms with van der Waals surface area (Å²) in [7, 11) is -4.41. The van der Waals surface area contributed by atoms with Crippen LogP contribution in [0.3, 0.4) is 0 Å². The summed E-state index contributed by atoms with van der Waals surface area (Å²) in [6.45, 7) is 3.45. The standard InChI is InChI=1S/C69H114NO8P/c1-3-5-7-9-11-13-15-17-19-21-23-25-27-28-29-30-31-32-33-34-35-36-37-38-40-41-43-45-47-49-51-53-55-57-59-61-68(71)75-65-67(66-77-79(73,74)76-64-63-70)78-69(72)62-60-58-56-54-52-50-48-46-44-42-39-26-24-22-20-18-16-14-12-10-8-6-4-2/h5-8,11-14,17-20,23-26,28-29,42,44,48,50,54,56,67H,3-4,9-10,15-16,21-22,27,30-41,43,45-47,49,51-53,55,57-66,70H2,1-2H3,(H,73,74)/b7-5-,8-6-,13-11-,14-12-,19-17-,20-18-,25-23-,26-24-,29-28-,44-42-,50-48-,56-54-. The highest BCUT2D eigenvalue weighted by molar-refractivity contribution is 7.47. The summed E-state index contributed by atoms with van der Waals surface area (Å²) in [4.78, 5) is 35.2. The summed E-state index contributed by atoms with van der Waals surface area (Å²) < 4.78 is 33.0. The second kappa shape index (κ2) is 63.1. The molecule has 0 fully saturated rings. The van der Waals surface area contributed by atoms with Gasteiger partial charge in [0.25, 0.3) is 0 Å². The zero-order valence-corrected chi connectivity index (χ0v) is 50.9. The quantitative estimate of drug-likeness (QED) is 0.0264. The summed E-state index contributed by atoms with van der Waals surface area (Å²) in [5.41, 5.74) is 5.38. The molecule has 0 amide bonds. The molecular formula is C69H114NO8P. The third kappa shape index (κ3) is 62.9. The maximum Gasteiger partial charge on any atom is 0.472 e. The number of hydrogen-bond acceptors (Lipinski definition) is 8. The van der Waals surface area contributed by atoms with E-state index in [1.54, 1.807) is 0 Å². The van der Waals surface area contributed by atoms with Crippen molar-refractivity contribution in [2.24, 2.45) is 5.73 Å². The monoisotopic (exact) mass is 1120 g/mol. The number of nitrogens with two attached hydrogens (primary N) is 1. The van der Waals surface area contributed by atoms with Gasteiger partial charge in [0.15, 0.2) is 6.10 Å². The van der Waals surface area contributed by atoms with Crippen LogP contribution in [-0.4, -0.2) is 49.3 Å². The summed E-state index contributed by atoms with van der Waals surface area (Å²) in [5, 5.41) is 0. The van der Waals surface area contributed by atoms with E-state index >= 15 is 0 Å². The van der Waals surface area contributed by atoms with E-state index in [-0.39, 0.29) is 32.6 Å². The molecule has 0 saturated heterocycles. The minimum Gasteiger partial charge on any atom is -0.462 e. The van der Waals surface area contributed by atoms with E-state index in [1.165, 1.54) is 109 Å². The molecule has 0 saturated carbocycles. The van der Waals surface area contributed by atoms with Crippen molar-refractivity contribution in [3.63, 3.8) is 0 Å². The Morgan fingerprint density at radius 3 is 1.01 bits per heavy atom. The molecule has 0 rings (SSSR count). The Labute approximate surface area is 484 Å². The van der Waals surface area contributed by atoms with Gasteiger partial charge >= 0.3 is 19.8 Å². The van der Waals surface area contributed by atoms with Gasteiger partial charge in [-0.1, -0.05) is 269 Å². The molecule has 3 N–H and O–H groups in total. The van der Waals surface area contributed by atoms with Crippen LogP contribution in [0.5, 0.6) is 0 Å². The van der Waals surface area contributed by atoms with Crippen molar-refractivity contribution < 1.29 is 37.6 Å². The van der Waals surface area contributed by atoms with Crippen LogP contribution in [0.25, 0.3) is 0 Å². The molecule has 0 aliphatic carbocycles. The molecular weight excluding hydrogens is 1000 g/mol. The molecule has 0 aliphatic heterocycles. The number of ether oxygens (including phenoxy) is 2. The number of unbranched alkanes of at least 4 members (excludes halogenated alkanes) is 20. The van der Waals surface area contributed by atoms with E-state index in [4.69, 9.17) is 24.3 Å². The van der Waals surface area contributed by atoms with Crippen LogP contribution in [-0.2, 0) is 32.7 Å². The maximum absolute atomic E-state index is 12.7. The molecule has 0 radical (unpaired) electrons. The van der Waals surface area contributed by atoms with Crippen LogP contribution in [0.15, 0.2) is 146 Å². The predicted octanol–water partition coefficient (Wildman–Crippen LogP) is 20.3. The van der Waals surface area contributed by atoms with Crippen molar-refractivity contribution in [2.45, 2.75) is 251 Å². The number of phosphoric acid groups is 1. The molecule has 9 nitrogen and oxygen atoms in total. The zero-order valence-electron chi connectivity index (χ0n) is 50.0. The Bertz CT molecular complexity index is 1800. The third-order valence-corrected chi connectivity index (χ3v) is 13.7. The summed E-state index contributed by atoms with van der Waals surface area (Å²) >= 11 is 0. The van der Waals surface area contributed by atoms with Crippen molar-refractivity contribution >= 4 is 19.8 Å². The Morgan fingerprint density at radius 2 is 0.671 bits per heavy atom. The molecule has 79 heavy (non-hydrogen) atoms. The Kier molecular flexibility index (Phi) is 59.8. The van der Waals surface area contributed by atoms with Crippen LogP contribution >= 0.6 is 7.82 Å². The summed E-state index contributed by atoms with van der Waals surface area (Å²) in [6.07, 6.45) is 90.7. The Balaban J connectivity index is 3.98. The molecule has 2 unspecified atom stereocenters. The van der Waals surface area contributed by atoms with Gasteiger partial charge in [-0.25, -0.2) is 4.57 Å². The van der Waals surface area contributed by atoms with Crippen molar-refractivity contribution in [3.05, 3.63) is 146 Å². The van der Waals surface area contributed by atoms with Crippen LogP contribution in [0.1, 0.15) is 245 Å². The van der Waals surface area contributed by atoms with Gasteiger partial charge in [0.05, 0.1) is 13.2 Å². The molecule has 0 aromatic heterocycles. The smallest absolute Gasteiger partial charge is 0.462 e. The molecule has 2 atom stereocenters. The summed E-state index contributed by atoms with van der Waals surface area (Å²) in [5.74, 6) is -0.901. The number of allylic oxidation sites excluding steroid dienone is 24. The highest BCUT2D eigenvalue weighted by atomic mass is 31.2. The number of phosphoric ester groups is 1. The summed E-state index contributed by atoms with van der Waals surface area (Å²) in [6, 6.07) is 0. The normalized spacial score (nSPS) is 14.0. The maximum atomic E-state index is 12.7. The second-order valence-electron chi connectivity index (χ2n) is 20.2. The lowest BCUT2D eigenvalue weighted by Gasteiger charge is -2.19. The number of rotatable bonds is 57. The lowest BCUT2D eigenvalue weighted by Crippen LogP contribution is -2.29. The molecule has 0 aliphatic rings. The number of esters is 2. The Hall–Kier alpha value is -4.11. The van der Waals surface area contributed by atoms with Gasteiger partial charge in [-0.15, -0.1) is 0 Å². The second-order valence-corrected chi connectivity index (χ2v) is 21.6. The van der Waals surface area contributed by atoms with Crippen LogP contribution in [0, 0.1) is 0 Å². The van der Waals surface area contributed by atoms with Crippen molar-refractivity contribution in [3.8, 4) is 0 Å². The van der Waals surface area contributed by atoms with Gasteiger partial charge in [-0.2, -0.15) is 0 Å². The van der Waals surface area contributed by atoms with E-state index in [9.17, 15) is 19.0 Å². The van der Waals surface area contributed by atoms with Gasteiger partial charge < -0.3 is 20.1 Å². The number of carbonyl (C=O) groups is 2. The van der Waals surface area contributed by atoms with Crippen LogP contribution < -0.4 is 5.73 Å². The molecule has 0 aromatic carbocycles. The van der Waals surface area contributed by atoms with Gasteiger partial charge in [0.2, 0.25) is 0 Å². The Morgan fingerprint density at radius 1 is 0.380 bits per heavy atom. The first-order valence-electron chi connectivity index (χ1n) is 31.3. The minimum absolute atomic E-state index is 0.0377. The third-order valence-electron chi connectivity index (χ3n) is 12.7. The predicted molar refractivity (Wildman–Crippen MR) is 339 cm³/mol. The lowest BCUT2D eigenvalue weighted by atomic mass is 10.0. The van der Waals surface area contributed by atoms with E-state index in [2.05, 4.69) is 154 Å². The van der Waals surface area contributed by atoms with Crippen LogP contribution in [0.4, 0.5) is 0 Å². The highest BCUT2D eigenvalue weighted by Gasteiger charge is 2.26. The number of hydrogen-bond donors (Lipinski definition) is 2. The first-order valence-corrected chi connectivity index (χ1v) is 32.8. The van der Waals surface area contributed by atoms with Gasteiger partial charge in [-0.05, 0) is 109 Å². The minimum atomic E-state index is -4.41. The largest absolute Gasteiger partial charge is 0.472 e. The topological polar surface area (TPSA) is 134 Å². The van der Waals surface area contributed by atoms with Gasteiger partial charge in [0, 0.05) is 19.4 Å². The fourth-order valence-corrected chi connectivity index (χ4v) is 8.95. The molecule has 0 spiro atoms. The molecule has 0 aromatic rings.